The fraction of sp³-hybridized carbons (Fsp3) is 1.00. The van der Waals surface area contributed by atoms with Crippen molar-refractivity contribution < 1.29 is 0 Å². The van der Waals surface area contributed by atoms with Crippen molar-refractivity contribution in [2.45, 2.75) is 201 Å². The third-order valence-corrected chi connectivity index (χ3v) is 16.8. The predicted octanol–water partition coefficient (Wildman–Crippen LogP) is 14.3. The Balaban J connectivity index is 4.96. The molecular weight excluding hydrogens is 487 g/mol. The first-order valence-corrected chi connectivity index (χ1v) is 21.6. The van der Waals surface area contributed by atoms with Gasteiger partial charge in [-0.05, 0) is 0 Å². The van der Waals surface area contributed by atoms with E-state index in [1.165, 1.54) is 198 Å². The van der Waals surface area contributed by atoms with Gasteiger partial charge in [0.1, 0.15) is 0 Å². The van der Waals surface area contributed by atoms with Crippen molar-refractivity contribution >= 4 is 17.2 Å². The van der Waals surface area contributed by atoms with Crippen molar-refractivity contribution in [3.63, 3.8) is 0 Å². The standard InChI is InChI=1S/C35H74ClP/c1-5-9-13-17-21-22-23-27-31-35-37(36,32-28-24-18-14-10-6-2,33-29-25-19-15-11-7-3)34-30-26-20-16-12-8-4/h5-35H2,1-4H3. The summed E-state index contributed by atoms with van der Waals surface area (Å²) < 4.78 is 0. The van der Waals surface area contributed by atoms with Crippen molar-refractivity contribution in [1.82, 2.24) is 0 Å². The van der Waals surface area contributed by atoms with Crippen LogP contribution in [0.1, 0.15) is 201 Å². The van der Waals surface area contributed by atoms with Crippen molar-refractivity contribution in [2.75, 3.05) is 24.6 Å². The van der Waals surface area contributed by atoms with Gasteiger partial charge < -0.3 is 0 Å². The molecule has 37 heavy (non-hydrogen) atoms. The summed E-state index contributed by atoms with van der Waals surface area (Å²) in [5.74, 6) is -2.11. The second kappa shape index (κ2) is 26.9. The van der Waals surface area contributed by atoms with Gasteiger partial charge in [0, 0.05) is 0 Å². The van der Waals surface area contributed by atoms with Gasteiger partial charge in [0.15, 0.2) is 0 Å². The van der Waals surface area contributed by atoms with Gasteiger partial charge in [0.2, 0.25) is 0 Å². The number of hydrogen-bond donors (Lipinski definition) is 0. The van der Waals surface area contributed by atoms with Gasteiger partial charge in [0.05, 0.1) is 0 Å². The summed E-state index contributed by atoms with van der Waals surface area (Å²) in [4.78, 5) is 0. The third-order valence-electron chi connectivity index (χ3n) is 9.03. The van der Waals surface area contributed by atoms with Gasteiger partial charge in [-0.1, -0.05) is 0 Å². The van der Waals surface area contributed by atoms with Crippen molar-refractivity contribution in [2.24, 2.45) is 0 Å². The van der Waals surface area contributed by atoms with Gasteiger partial charge in [0.25, 0.3) is 0 Å². The molecule has 0 radical (unpaired) electrons. The Morgan fingerprint density at radius 1 is 0.270 bits per heavy atom. The molecule has 0 aromatic heterocycles. The molecule has 0 aromatic rings. The van der Waals surface area contributed by atoms with Gasteiger partial charge >= 0.3 is 243 Å². The van der Waals surface area contributed by atoms with E-state index in [1.807, 2.05) is 0 Å². The van der Waals surface area contributed by atoms with Crippen molar-refractivity contribution in [1.29, 1.82) is 0 Å². The number of rotatable bonds is 31. The second-order valence-corrected chi connectivity index (χ2v) is 21.1. The van der Waals surface area contributed by atoms with E-state index in [0.717, 1.165) is 0 Å². The van der Waals surface area contributed by atoms with Crippen molar-refractivity contribution in [3.05, 3.63) is 0 Å². The molecule has 0 aliphatic heterocycles. The average molecular weight is 561 g/mol. The Bertz CT molecular complexity index is 405. The average Bonchev–Trinajstić information content (AvgIpc) is 2.90. The number of unbranched alkanes of at least 4 members (excludes halogenated alkanes) is 23. The fourth-order valence-corrected chi connectivity index (χ4v) is 13.2. The van der Waals surface area contributed by atoms with E-state index in [9.17, 15) is 0 Å². The summed E-state index contributed by atoms with van der Waals surface area (Å²) in [6, 6.07) is 0. The van der Waals surface area contributed by atoms with Crippen LogP contribution in [0.5, 0.6) is 0 Å². The Hall–Kier alpha value is 0.720. The molecule has 0 rings (SSSR count). The third kappa shape index (κ3) is 23.2. The number of halogens is 1. The molecule has 0 fully saturated rings. The van der Waals surface area contributed by atoms with Crippen LogP contribution < -0.4 is 0 Å². The summed E-state index contributed by atoms with van der Waals surface area (Å²) in [6.07, 6.45) is 43.9. The second-order valence-electron chi connectivity index (χ2n) is 12.8. The minimum absolute atomic E-state index is 1.35. The molecule has 0 saturated carbocycles. The van der Waals surface area contributed by atoms with E-state index < -0.39 is 5.96 Å². The molecule has 0 atom stereocenters. The molecule has 0 aliphatic rings. The molecule has 0 unspecified atom stereocenters. The van der Waals surface area contributed by atoms with E-state index in [-0.39, 0.29) is 0 Å². The summed E-state index contributed by atoms with van der Waals surface area (Å²) in [5.41, 5.74) is 0. The predicted molar refractivity (Wildman–Crippen MR) is 180 cm³/mol. The monoisotopic (exact) mass is 561 g/mol. The van der Waals surface area contributed by atoms with E-state index in [0.29, 0.717) is 0 Å². The first-order chi connectivity index (χ1) is 18.0. The molecule has 0 spiro atoms. The summed E-state index contributed by atoms with van der Waals surface area (Å²) in [6.45, 7) is 9.31. The quantitative estimate of drug-likeness (QED) is 0.0584. The Kier molecular flexibility index (Phi) is 27.4. The van der Waals surface area contributed by atoms with Crippen LogP contribution in [-0.4, -0.2) is 24.6 Å². The molecule has 0 nitrogen and oxygen atoms in total. The van der Waals surface area contributed by atoms with Gasteiger partial charge in [-0.15, -0.1) is 0 Å². The van der Waals surface area contributed by atoms with Crippen LogP contribution in [0.2, 0.25) is 0 Å². The Morgan fingerprint density at radius 3 is 0.622 bits per heavy atom. The first-order valence-electron chi connectivity index (χ1n) is 17.8. The van der Waals surface area contributed by atoms with Crippen LogP contribution in [-0.2, 0) is 0 Å². The van der Waals surface area contributed by atoms with Crippen LogP contribution in [0, 0.1) is 0 Å². The number of hydrogen-bond acceptors (Lipinski definition) is 0. The zero-order valence-corrected chi connectivity index (χ0v) is 28.4. The van der Waals surface area contributed by atoms with E-state index in [1.54, 1.807) is 0 Å². The molecule has 226 valence electrons. The topological polar surface area (TPSA) is 0 Å². The Morgan fingerprint density at radius 2 is 0.432 bits per heavy atom. The molecule has 0 heterocycles. The maximum absolute atomic E-state index is 8.15. The van der Waals surface area contributed by atoms with Crippen LogP contribution in [0.4, 0.5) is 0 Å². The molecule has 0 saturated heterocycles. The molecule has 2 heteroatoms. The molecular formula is C35H74ClP. The Labute approximate surface area is 242 Å². The zero-order chi connectivity index (χ0) is 27.4. The molecule has 0 bridgehead atoms. The van der Waals surface area contributed by atoms with Crippen LogP contribution >= 0.6 is 17.2 Å². The molecule has 0 amide bonds. The van der Waals surface area contributed by atoms with Crippen LogP contribution in [0.25, 0.3) is 0 Å². The minimum atomic E-state index is -2.11. The zero-order valence-electron chi connectivity index (χ0n) is 26.7. The van der Waals surface area contributed by atoms with Gasteiger partial charge in [-0.25, -0.2) is 0 Å². The van der Waals surface area contributed by atoms with Crippen LogP contribution in [0.15, 0.2) is 0 Å². The summed E-state index contributed by atoms with van der Waals surface area (Å²) in [7, 11) is 0. The van der Waals surface area contributed by atoms with E-state index >= 15 is 0 Å². The van der Waals surface area contributed by atoms with Gasteiger partial charge in [-0.2, -0.15) is 0 Å². The summed E-state index contributed by atoms with van der Waals surface area (Å²) in [5, 5.41) is 0. The van der Waals surface area contributed by atoms with Gasteiger partial charge in [-0.3, -0.25) is 0 Å². The maximum atomic E-state index is 8.15. The first kappa shape index (κ1) is 37.7. The van der Waals surface area contributed by atoms with Crippen molar-refractivity contribution in [3.8, 4) is 0 Å². The molecule has 0 aliphatic carbocycles. The van der Waals surface area contributed by atoms with Crippen LogP contribution in [0.3, 0.4) is 0 Å². The summed E-state index contributed by atoms with van der Waals surface area (Å²) >= 11 is 8.15. The normalized spacial score (nSPS) is 13.2. The SMILES string of the molecule is CCCCCCCCCCCP(Cl)(CCCCCCCC)(CCCCCCCC)CCCCCCCC. The molecule has 0 aromatic carbocycles. The fourth-order valence-electron chi connectivity index (χ4n) is 6.35. The van der Waals surface area contributed by atoms with E-state index in [4.69, 9.17) is 11.2 Å². The molecule has 0 N–H and O–H groups in total. The van der Waals surface area contributed by atoms with E-state index in [2.05, 4.69) is 27.7 Å².